The van der Waals surface area contributed by atoms with Crippen LogP contribution in [0.4, 0.5) is 0 Å². The minimum absolute atomic E-state index is 0.0154. The first-order valence-corrected chi connectivity index (χ1v) is 10.6. The molecule has 2 aliphatic carbocycles. The van der Waals surface area contributed by atoms with Crippen molar-refractivity contribution in [3.8, 4) is 11.5 Å². The number of carbonyl (C=O) groups is 2. The number of hydrogen-bond donors (Lipinski definition) is 1. The zero-order valence-electron chi connectivity index (χ0n) is 17.3. The van der Waals surface area contributed by atoms with E-state index in [9.17, 15) is 9.59 Å². The summed E-state index contributed by atoms with van der Waals surface area (Å²) in [5.74, 6) is 1.65. The van der Waals surface area contributed by atoms with Gasteiger partial charge >= 0.3 is 0 Å². The standard InChI is InChI=1S/C23H30N2O4/c1-28-18-9-10-19(29-2)16(14-18)15-24-22(27)23-12-5-8-20(23)25(21(26)11-13-23)17-6-3-4-7-17/h8-10,14,17H,3-7,11-13,15H2,1-2H3,(H,24,27). The van der Waals surface area contributed by atoms with Crippen molar-refractivity contribution in [3.05, 3.63) is 35.5 Å². The highest BCUT2D eigenvalue weighted by Crippen LogP contribution is 2.50. The number of piperidine rings is 1. The second kappa shape index (κ2) is 8.09. The third-order valence-corrected chi connectivity index (χ3v) is 6.74. The lowest BCUT2D eigenvalue weighted by atomic mass is 9.75. The normalized spacial score (nSPS) is 24.3. The quantitative estimate of drug-likeness (QED) is 0.796. The smallest absolute Gasteiger partial charge is 0.232 e. The van der Waals surface area contributed by atoms with Crippen LogP contribution >= 0.6 is 0 Å². The number of likely N-dealkylation sites (tertiary alicyclic amines) is 1. The zero-order chi connectivity index (χ0) is 20.4. The van der Waals surface area contributed by atoms with E-state index in [4.69, 9.17) is 9.47 Å². The van der Waals surface area contributed by atoms with Crippen molar-refractivity contribution in [2.45, 2.75) is 64.0 Å². The molecular formula is C23H30N2O4. The Hall–Kier alpha value is -2.50. The first kappa shape index (κ1) is 19.8. The summed E-state index contributed by atoms with van der Waals surface area (Å²) in [6.07, 6.45) is 9.21. The van der Waals surface area contributed by atoms with Crippen LogP contribution < -0.4 is 14.8 Å². The summed E-state index contributed by atoms with van der Waals surface area (Å²) < 4.78 is 10.7. The van der Waals surface area contributed by atoms with Crippen molar-refractivity contribution < 1.29 is 19.1 Å². The van der Waals surface area contributed by atoms with E-state index in [2.05, 4.69) is 11.4 Å². The molecule has 2 amide bonds. The van der Waals surface area contributed by atoms with Crippen molar-refractivity contribution in [1.29, 1.82) is 0 Å². The first-order chi connectivity index (χ1) is 14.1. The molecule has 0 aromatic heterocycles. The van der Waals surface area contributed by atoms with E-state index in [1.807, 2.05) is 23.1 Å². The van der Waals surface area contributed by atoms with E-state index in [-0.39, 0.29) is 17.9 Å². The number of methoxy groups -OCH3 is 2. The maximum Gasteiger partial charge on any atom is 0.232 e. The van der Waals surface area contributed by atoms with E-state index >= 15 is 0 Å². The monoisotopic (exact) mass is 398 g/mol. The average Bonchev–Trinajstić information content (AvgIpc) is 3.42. The van der Waals surface area contributed by atoms with Gasteiger partial charge in [0.05, 0.1) is 19.6 Å². The molecule has 1 saturated heterocycles. The van der Waals surface area contributed by atoms with E-state index in [1.165, 1.54) is 0 Å². The Kier molecular flexibility index (Phi) is 5.52. The lowest BCUT2D eigenvalue weighted by Gasteiger charge is -2.44. The molecule has 1 heterocycles. The second-order valence-electron chi connectivity index (χ2n) is 8.27. The molecule has 0 radical (unpaired) electrons. The summed E-state index contributed by atoms with van der Waals surface area (Å²) in [7, 11) is 3.24. The van der Waals surface area contributed by atoms with Gasteiger partial charge in [-0.1, -0.05) is 18.9 Å². The number of amides is 2. The summed E-state index contributed by atoms with van der Waals surface area (Å²) >= 11 is 0. The van der Waals surface area contributed by atoms with Crippen LogP contribution in [-0.4, -0.2) is 37.0 Å². The van der Waals surface area contributed by atoms with Gasteiger partial charge in [-0.3, -0.25) is 9.59 Å². The lowest BCUT2D eigenvalue weighted by molar-refractivity contribution is -0.141. The van der Waals surface area contributed by atoms with E-state index < -0.39 is 5.41 Å². The van der Waals surface area contributed by atoms with Crippen LogP contribution in [0.5, 0.6) is 11.5 Å². The number of carbonyl (C=O) groups excluding carboxylic acids is 2. The fourth-order valence-electron chi connectivity index (χ4n) is 5.21. The number of ether oxygens (including phenoxy) is 2. The molecule has 1 N–H and O–H groups in total. The van der Waals surface area contributed by atoms with Gasteiger partial charge in [-0.15, -0.1) is 0 Å². The number of hydrogen-bond acceptors (Lipinski definition) is 4. The molecule has 1 aromatic rings. The fourth-order valence-corrected chi connectivity index (χ4v) is 5.21. The van der Waals surface area contributed by atoms with Crippen LogP contribution in [0.3, 0.4) is 0 Å². The van der Waals surface area contributed by atoms with Gasteiger partial charge in [0.15, 0.2) is 0 Å². The molecule has 0 spiro atoms. The summed E-state index contributed by atoms with van der Waals surface area (Å²) in [4.78, 5) is 28.2. The van der Waals surface area contributed by atoms with Crippen LogP contribution in [0.2, 0.25) is 0 Å². The molecule has 6 heteroatoms. The molecule has 2 fully saturated rings. The number of rotatable bonds is 6. The van der Waals surface area contributed by atoms with Crippen LogP contribution in [-0.2, 0) is 16.1 Å². The Bertz CT molecular complexity index is 828. The van der Waals surface area contributed by atoms with E-state index in [0.29, 0.717) is 19.4 Å². The number of nitrogens with one attached hydrogen (secondary N) is 1. The van der Waals surface area contributed by atoms with Crippen LogP contribution in [0.1, 0.15) is 56.9 Å². The molecule has 156 valence electrons. The van der Waals surface area contributed by atoms with E-state index in [1.54, 1.807) is 14.2 Å². The van der Waals surface area contributed by atoms with Gasteiger partial charge in [-0.2, -0.15) is 0 Å². The summed E-state index contributed by atoms with van der Waals surface area (Å²) in [5.41, 5.74) is 1.25. The Morgan fingerprint density at radius 1 is 1.21 bits per heavy atom. The Balaban J connectivity index is 1.54. The predicted molar refractivity (Wildman–Crippen MR) is 109 cm³/mol. The van der Waals surface area contributed by atoms with Gasteiger partial charge in [0.2, 0.25) is 11.8 Å². The Labute approximate surface area is 172 Å². The molecule has 29 heavy (non-hydrogen) atoms. The van der Waals surface area contributed by atoms with Gasteiger partial charge in [0, 0.05) is 30.3 Å². The maximum atomic E-state index is 13.4. The van der Waals surface area contributed by atoms with Gasteiger partial charge in [-0.25, -0.2) is 0 Å². The molecule has 0 bridgehead atoms. The number of benzene rings is 1. The molecule has 1 unspecified atom stereocenters. The number of allylic oxidation sites excluding steroid dienone is 1. The molecule has 6 nitrogen and oxygen atoms in total. The molecule has 3 aliphatic rings. The summed E-state index contributed by atoms with van der Waals surface area (Å²) in [6.45, 7) is 0.367. The highest BCUT2D eigenvalue weighted by Gasteiger charge is 2.52. The molecule has 1 aliphatic heterocycles. The largest absolute Gasteiger partial charge is 0.497 e. The van der Waals surface area contributed by atoms with Crippen molar-refractivity contribution in [3.63, 3.8) is 0 Å². The summed E-state index contributed by atoms with van der Waals surface area (Å²) in [5, 5.41) is 3.13. The average molecular weight is 399 g/mol. The Morgan fingerprint density at radius 2 is 2.00 bits per heavy atom. The third-order valence-electron chi connectivity index (χ3n) is 6.74. The van der Waals surface area contributed by atoms with Crippen LogP contribution in [0.25, 0.3) is 0 Å². The minimum atomic E-state index is -0.581. The topological polar surface area (TPSA) is 67.9 Å². The SMILES string of the molecule is COc1ccc(OC)c(CNC(=O)C23CCC=C2N(C2CCCC2)C(=O)CC3)c1. The molecule has 1 aromatic carbocycles. The van der Waals surface area contributed by atoms with Gasteiger partial charge in [-0.05, 0) is 50.3 Å². The van der Waals surface area contributed by atoms with E-state index in [0.717, 1.165) is 61.3 Å². The zero-order valence-corrected chi connectivity index (χ0v) is 17.3. The van der Waals surface area contributed by atoms with Crippen molar-refractivity contribution in [2.24, 2.45) is 5.41 Å². The second-order valence-corrected chi connectivity index (χ2v) is 8.27. The number of fused-ring (bicyclic) bond motifs is 1. The lowest BCUT2D eigenvalue weighted by Crippen LogP contribution is -2.52. The maximum absolute atomic E-state index is 13.4. The van der Waals surface area contributed by atoms with Gasteiger partial charge < -0.3 is 19.7 Å². The molecule has 1 atom stereocenters. The Morgan fingerprint density at radius 3 is 2.72 bits per heavy atom. The fraction of sp³-hybridized carbons (Fsp3) is 0.565. The van der Waals surface area contributed by atoms with Gasteiger partial charge in [0.1, 0.15) is 11.5 Å². The van der Waals surface area contributed by atoms with Gasteiger partial charge in [0.25, 0.3) is 0 Å². The van der Waals surface area contributed by atoms with Crippen molar-refractivity contribution in [1.82, 2.24) is 10.2 Å². The molecule has 4 rings (SSSR count). The number of nitrogens with zero attached hydrogens (tertiary/aromatic N) is 1. The van der Waals surface area contributed by atoms with Crippen LogP contribution in [0, 0.1) is 5.41 Å². The third kappa shape index (κ3) is 3.49. The highest BCUT2D eigenvalue weighted by atomic mass is 16.5. The molecular weight excluding hydrogens is 368 g/mol. The van der Waals surface area contributed by atoms with Crippen molar-refractivity contribution >= 4 is 11.8 Å². The molecule has 1 saturated carbocycles. The summed E-state index contributed by atoms with van der Waals surface area (Å²) in [6, 6.07) is 5.84. The highest BCUT2D eigenvalue weighted by molar-refractivity contribution is 5.91. The van der Waals surface area contributed by atoms with Crippen LogP contribution in [0.15, 0.2) is 30.0 Å². The minimum Gasteiger partial charge on any atom is -0.497 e. The predicted octanol–water partition coefficient (Wildman–Crippen LogP) is 3.55. The first-order valence-electron chi connectivity index (χ1n) is 10.6. The van der Waals surface area contributed by atoms with Crippen molar-refractivity contribution in [2.75, 3.05) is 14.2 Å².